The molecule has 1 rings (SSSR count). The van der Waals surface area contributed by atoms with E-state index in [9.17, 15) is 14.5 Å². The number of nitrogens with one attached hydrogen (secondary N) is 1. The van der Waals surface area contributed by atoms with E-state index in [1.165, 1.54) is 0 Å². The van der Waals surface area contributed by atoms with Crippen molar-refractivity contribution < 1.29 is 19.2 Å². The van der Waals surface area contributed by atoms with Crippen molar-refractivity contribution in [3.63, 3.8) is 0 Å². The first-order valence-corrected chi connectivity index (χ1v) is 8.30. The maximum atomic E-state index is 11.8. The van der Waals surface area contributed by atoms with E-state index < -0.39 is 24.2 Å². The normalized spacial score (nSPS) is 29.4. The Balaban J connectivity index is 2.40. The molecule has 17 heavy (non-hydrogen) atoms. The monoisotopic (exact) mass is 263 g/mol. The molecule has 0 aliphatic heterocycles. The first-order chi connectivity index (χ1) is 7.43. The second kappa shape index (κ2) is 4.29. The molecule has 0 bridgehead atoms. The average molecular weight is 263 g/mol. The maximum Gasteiger partial charge on any atom is 0.407 e. The van der Waals surface area contributed by atoms with Crippen molar-refractivity contribution >= 4 is 13.2 Å². The fourth-order valence-corrected chi connectivity index (χ4v) is 3.07. The van der Waals surface area contributed by atoms with E-state index in [1.807, 2.05) is 0 Å². The molecule has 0 unspecified atom stereocenters. The van der Waals surface area contributed by atoms with Crippen LogP contribution in [0.2, 0.25) is 0 Å². The summed E-state index contributed by atoms with van der Waals surface area (Å²) in [6.07, 6.45) is 0.166. The minimum atomic E-state index is -2.54. The maximum absolute atomic E-state index is 11.8. The van der Waals surface area contributed by atoms with Crippen LogP contribution in [0.5, 0.6) is 0 Å². The third kappa shape index (κ3) is 3.71. The van der Waals surface area contributed by atoms with Crippen LogP contribution in [0.25, 0.3) is 0 Å². The number of aliphatic hydroxyl groups is 1. The number of carbonyl (C=O) groups excluding carboxylic acids is 1. The van der Waals surface area contributed by atoms with Crippen molar-refractivity contribution in [2.24, 2.45) is 0 Å². The van der Waals surface area contributed by atoms with E-state index in [0.29, 0.717) is 12.8 Å². The molecule has 1 fully saturated rings. The Hall–Kier alpha value is -0.540. The summed E-state index contributed by atoms with van der Waals surface area (Å²) in [6.45, 7) is 8.50. The smallest absolute Gasteiger partial charge is 0.407 e. The van der Waals surface area contributed by atoms with Crippen LogP contribution in [-0.2, 0) is 9.30 Å². The molecule has 2 N–H and O–H groups in total. The number of carbonyl (C=O) groups is 1. The molecule has 100 valence electrons. The molecule has 0 aromatic heterocycles. The van der Waals surface area contributed by atoms with Crippen LogP contribution in [-0.4, -0.2) is 41.5 Å². The summed E-state index contributed by atoms with van der Waals surface area (Å²) in [7, 11) is -2.54. The Kier molecular flexibility index (Phi) is 3.66. The Morgan fingerprint density at radius 3 is 2.24 bits per heavy atom. The van der Waals surface area contributed by atoms with Crippen molar-refractivity contribution in [1.82, 2.24) is 5.32 Å². The first-order valence-electron chi connectivity index (χ1n) is 5.70. The average Bonchev–Trinajstić information content (AvgIpc) is 1.94. The third-order valence-corrected chi connectivity index (χ3v) is 5.24. The molecule has 0 aromatic carbocycles. The summed E-state index contributed by atoms with van der Waals surface area (Å²) in [4.78, 5) is 11.4. The first kappa shape index (κ1) is 14.5. The highest BCUT2D eigenvalue weighted by Crippen LogP contribution is 2.59. The summed E-state index contributed by atoms with van der Waals surface area (Å²) in [5.41, 5.74) is -0.533. The van der Waals surface area contributed by atoms with Crippen LogP contribution in [0.3, 0.4) is 0 Å². The summed E-state index contributed by atoms with van der Waals surface area (Å²) >= 11 is 0. The summed E-state index contributed by atoms with van der Waals surface area (Å²) in [6, 6.07) is -0.150. The van der Waals surface area contributed by atoms with E-state index in [4.69, 9.17) is 4.74 Å². The lowest BCUT2D eigenvalue weighted by Crippen LogP contribution is -2.55. The summed E-state index contributed by atoms with van der Waals surface area (Å²) in [5.74, 6) is 0. The fraction of sp³-hybridized carbons (Fsp3) is 0.909. The van der Waals surface area contributed by atoms with Gasteiger partial charge < -0.3 is 19.7 Å². The van der Waals surface area contributed by atoms with Crippen LogP contribution < -0.4 is 5.32 Å². The zero-order chi connectivity index (χ0) is 13.5. The molecular weight excluding hydrogens is 241 g/mol. The standard InChI is InChI=1S/C11H22NO4P/c1-10(2,3)16-9(13)12-8-6-11(14,7-8)17(4,5)15/h8,14H,6-7H2,1-5H3,(H,12,13). The van der Waals surface area contributed by atoms with Gasteiger partial charge in [-0.1, -0.05) is 0 Å². The van der Waals surface area contributed by atoms with E-state index in [-0.39, 0.29) is 6.04 Å². The molecule has 1 aliphatic carbocycles. The molecule has 0 aromatic rings. The van der Waals surface area contributed by atoms with Crippen molar-refractivity contribution in [1.29, 1.82) is 0 Å². The van der Waals surface area contributed by atoms with E-state index in [2.05, 4.69) is 5.32 Å². The quantitative estimate of drug-likeness (QED) is 0.747. The molecule has 1 aliphatic rings. The molecule has 0 saturated heterocycles. The fourth-order valence-electron chi connectivity index (χ4n) is 1.75. The van der Waals surface area contributed by atoms with Gasteiger partial charge in [-0.3, -0.25) is 0 Å². The molecule has 6 heteroatoms. The predicted octanol–water partition coefficient (Wildman–Crippen LogP) is 1.98. The molecule has 5 nitrogen and oxygen atoms in total. The molecule has 1 saturated carbocycles. The molecular formula is C11H22NO4P. The van der Waals surface area contributed by atoms with Gasteiger partial charge >= 0.3 is 6.09 Å². The topological polar surface area (TPSA) is 75.6 Å². The third-order valence-electron chi connectivity index (χ3n) is 2.87. The lowest BCUT2D eigenvalue weighted by molar-refractivity contribution is 0.00628. The predicted molar refractivity (Wildman–Crippen MR) is 66.8 cm³/mol. The highest BCUT2D eigenvalue weighted by molar-refractivity contribution is 7.63. The lowest BCUT2D eigenvalue weighted by atomic mass is 9.88. The Morgan fingerprint density at radius 1 is 1.41 bits per heavy atom. The Morgan fingerprint density at radius 2 is 1.88 bits per heavy atom. The van der Waals surface area contributed by atoms with Crippen molar-refractivity contribution in [3.8, 4) is 0 Å². The molecule has 0 atom stereocenters. The van der Waals surface area contributed by atoms with Crippen molar-refractivity contribution in [2.45, 2.75) is 50.6 Å². The molecule has 1 amide bonds. The van der Waals surface area contributed by atoms with Gasteiger partial charge in [-0.25, -0.2) is 4.79 Å². The second-order valence-corrected chi connectivity index (χ2v) is 9.62. The van der Waals surface area contributed by atoms with Gasteiger partial charge in [0.2, 0.25) is 0 Å². The molecule has 0 radical (unpaired) electrons. The van der Waals surface area contributed by atoms with Crippen LogP contribution in [0.4, 0.5) is 4.79 Å². The number of ether oxygens (including phenoxy) is 1. The number of hydrogen-bond acceptors (Lipinski definition) is 4. The van der Waals surface area contributed by atoms with Crippen molar-refractivity contribution in [2.75, 3.05) is 13.3 Å². The zero-order valence-corrected chi connectivity index (χ0v) is 12.0. The van der Waals surface area contributed by atoms with Gasteiger partial charge in [0.25, 0.3) is 0 Å². The van der Waals surface area contributed by atoms with Gasteiger partial charge in [-0.05, 0) is 34.1 Å². The highest BCUT2D eigenvalue weighted by atomic mass is 31.2. The lowest BCUT2D eigenvalue weighted by Gasteiger charge is -2.46. The summed E-state index contributed by atoms with van der Waals surface area (Å²) < 4.78 is 16.9. The van der Waals surface area contributed by atoms with Crippen molar-refractivity contribution in [3.05, 3.63) is 0 Å². The van der Waals surface area contributed by atoms with Gasteiger partial charge in [0.1, 0.15) is 18.1 Å². The van der Waals surface area contributed by atoms with Crippen LogP contribution in [0.15, 0.2) is 0 Å². The SMILES string of the molecule is CC(C)(C)OC(=O)NC1CC(O)(P(C)(C)=O)C1. The van der Waals surface area contributed by atoms with Gasteiger partial charge in [0.05, 0.1) is 0 Å². The van der Waals surface area contributed by atoms with E-state index in [1.54, 1.807) is 34.1 Å². The zero-order valence-electron chi connectivity index (χ0n) is 11.1. The number of hydrogen-bond donors (Lipinski definition) is 2. The minimum absolute atomic E-state index is 0.150. The number of amides is 1. The Bertz CT molecular complexity index is 349. The number of alkyl carbamates (subject to hydrolysis) is 1. The van der Waals surface area contributed by atoms with E-state index >= 15 is 0 Å². The van der Waals surface area contributed by atoms with Crippen LogP contribution in [0.1, 0.15) is 33.6 Å². The van der Waals surface area contributed by atoms with Gasteiger partial charge in [0, 0.05) is 18.9 Å². The molecule has 0 heterocycles. The number of rotatable bonds is 2. The van der Waals surface area contributed by atoms with Crippen LogP contribution >= 0.6 is 7.14 Å². The van der Waals surface area contributed by atoms with E-state index in [0.717, 1.165) is 0 Å². The highest BCUT2D eigenvalue weighted by Gasteiger charge is 2.51. The largest absolute Gasteiger partial charge is 0.444 e. The van der Waals surface area contributed by atoms with Gasteiger partial charge in [-0.2, -0.15) is 0 Å². The Labute approximate surface area is 102 Å². The van der Waals surface area contributed by atoms with Gasteiger partial charge in [0.15, 0.2) is 0 Å². The second-order valence-electron chi connectivity index (χ2n) is 6.08. The van der Waals surface area contributed by atoms with Crippen LogP contribution in [0, 0.1) is 0 Å². The van der Waals surface area contributed by atoms with Gasteiger partial charge in [-0.15, -0.1) is 0 Å². The molecule has 0 spiro atoms. The summed E-state index contributed by atoms with van der Waals surface area (Å²) in [5, 5.41) is 11.5. The minimum Gasteiger partial charge on any atom is -0.444 e.